The predicted molar refractivity (Wildman–Crippen MR) is 52.9 cm³/mol. The highest BCUT2D eigenvalue weighted by atomic mass is 19.3. The minimum atomic E-state index is -2.84. The Hall–Kier alpha value is -0.510. The third-order valence-electron chi connectivity index (χ3n) is 3.58. The zero-order valence-electron chi connectivity index (χ0n) is 8.77. The summed E-state index contributed by atoms with van der Waals surface area (Å²) in [5.74, 6) is -4.13. The zero-order chi connectivity index (χ0) is 10.9. The first-order chi connectivity index (χ1) is 7.11. The van der Waals surface area contributed by atoms with Gasteiger partial charge in [0.05, 0.1) is 12.5 Å². The molecule has 1 N–H and O–H groups in total. The summed E-state index contributed by atoms with van der Waals surface area (Å²) >= 11 is 0. The van der Waals surface area contributed by atoms with Gasteiger partial charge in [-0.2, -0.15) is 0 Å². The van der Waals surface area contributed by atoms with Crippen molar-refractivity contribution in [1.82, 2.24) is 5.32 Å². The van der Waals surface area contributed by atoms with Crippen LogP contribution in [0.5, 0.6) is 0 Å². The smallest absolute Gasteiger partial charge is 0.269 e. The Kier molecular flexibility index (Phi) is 3.05. The van der Waals surface area contributed by atoms with Crippen molar-refractivity contribution in [1.29, 1.82) is 0 Å². The van der Waals surface area contributed by atoms with E-state index < -0.39 is 11.8 Å². The third kappa shape index (κ3) is 2.19. The molecule has 0 bridgehead atoms. The van der Waals surface area contributed by atoms with Crippen LogP contribution < -0.4 is 5.32 Å². The van der Waals surface area contributed by atoms with E-state index in [1.807, 2.05) is 0 Å². The van der Waals surface area contributed by atoms with Crippen LogP contribution in [-0.2, 0) is 4.79 Å². The average molecular weight is 217 g/mol. The van der Waals surface area contributed by atoms with Crippen LogP contribution >= 0.6 is 0 Å². The Morgan fingerprint density at radius 2 is 1.87 bits per heavy atom. The second-order valence-electron chi connectivity index (χ2n) is 4.66. The fraction of sp³-hybridized carbons (Fsp3) is 0.909. The Morgan fingerprint density at radius 1 is 1.20 bits per heavy atom. The maximum atomic E-state index is 13.5. The van der Waals surface area contributed by atoms with E-state index in [-0.39, 0.29) is 18.2 Å². The first-order valence-electron chi connectivity index (χ1n) is 5.73. The van der Waals surface area contributed by atoms with Crippen LogP contribution in [0.3, 0.4) is 0 Å². The number of Topliss-reactive ketones (excluding diaryl/α,β-unsaturated/α-hetero) is 1. The standard InChI is InChI=1S/C11H17F2NO/c12-11(13)7-14-6-5-9(11)10(15)8-3-1-2-4-8/h8-9,14H,1-7H2. The van der Waals surface area contributed by atoms with Crippen LogP contribution in [0.1, 0.15) is 32.1 Å². The molecular formula is C11H17F2NO. The van der Waals surface area contributed by atoms with Crippen molar-refractivity contribution in [2.45, 2.75) is 38.0 Å². The van der Waals surface area contributed by atoms with Gasteiger partial charge < -0.3 is 5.32 Å². The Morgan fingerprint density at radius 3 is 2.47 bits per heavy atom. The number of rotatable bonds is 2. The molecule has 2 rings (SSSR count). The largest absolute Gasteiger partial charge is 0.311 e. The summed E-state index contributed by atoms with van der Waals surface area (Å²) in [7, 11) is 0. The molecule has 1 heterocycles. The lowest BCUT2D eigenvalue weighted by Crippen LogP contribution is -2.50. The number of piperidine rings is 1. The molecule has 1 saturated heterocycles. The molecule has 0 amide bonds. The minimum absolute atomic E-state index is 0.0843. The summed E-state index contributed by atoms with van der Waals surface area (Å²) in [4.78, 5) is 11.9. The fourth-order valence-corrected chi connectivity index (χ4v) is 2.68. The summed E-state index contributed by atoms with van der Waals surface area (Å²) < 4.78 is 27.0. The molecule has 0 aromatic rings. The summed E-state index contributed by atoms with van der Waals surface area (Å²) in [6.07, 6.45) is 3.97. The summed E-state index contributed by atoms with van der Waals surface area (Å²) in [6.45, 7) is 0.203. The highest BCUT2D eigenvalue weighted by Gasteiger charge is 2.47. The summed E-state index contributed by atoms with van der Waals surface area (Å²) in [5.41, 5.74) is 0. The van der Waals surface area contributed by atoms with Gasteiger partial charge in [-0.1, -0.05) is 12.8 Å². The Labute approximate surface area is 88.4 Å². The number of ketones is 1. The minimum Gasteiger partial charge on any atom is -0.311 e. The van der Waals surface area contributed by atoms with Gasteiger partial charge in [-0.05, 0) is 25.8 Å². The molecule has 0 aromatic carbocycles. The molecule has 0 radical (unpaired) electrons. The van der Waals surface area contributed by atoms with Crippen molar-refractivity contribution in [3.8, 4) is 0 Å². The van der Waals surface area contributed by atoms with Crippen LogP contribution in [-0.4, -0.2) is 24.8 Å². The van der Waals surface area contributed by atoms with Crippen molar-refractivity contribution in [2.24, 2.45) is 11.8 Å². The lowest BCUT2D eigenvalue weighted by atomic mass is 9.83. The zero-order valence-corrected chi connectivity index (χ0v) is 8.77. The molecule has 2 aliphatic rings. The first-order valence-corrected chi connectivity index (χ1v) is 5.73. The molecular weight excluding hydrogens is 200 g/mol. The van der Waals surface area contributed by atoms with E-state index in [0.29, 0.717) is 13.0 Å². The highest BCUT2D eigenvalue weighted by Crippen LogP contribution is 2.36. The van der Waals surface area contributed by atoms with Crippen molar-refractivity contribution in [3.05, 3.63) is 0 Å². The van der Waals surface area contributed by atoms with E-state index in [4.69, 9.17) is 0 Å². The molecule has 1 aliphatic carbocycles. The number of nitrogens with one attached hydrogen (secondary N) is 1. The van der Waals surface area contributed by atoms with E-state index in [9.17, 15) is 13.6 Å². The predicted octanol–water partition coefficient (Wildman–Crippen LogP) is 1.99. The number of carbonyl (C=O) groups excluding carboxylic acids is 1. The van der Waals surface area contributed by atoms with Gasteiger partial charge in [-0.3, -0.25) is 4.79 Å². The number of halogens is 2. The molecule has 1 saturated carbocycles. The van der Waals surface area contributed by atoms with Gasteiger partial charge in [0.15, 0.2) is 0 Å². The molecule has 2 fully saturated rings. The number of hydrogen-bond donors (Lipinski definition) is 1. The normalized spacial score (nSPS) is 31.7. The van der Waals surface area contributed by atoms with E-state index in [0.717, 1.165) is 25.7 Å². The molecule has 0 spiro atoms. The third-order valence-corrected chi connectivity index (χ3v) is 3.58. The van der Waals surface area contributed by atoms with Gasteiger partial charge >= 0.3 is 0 Å². The van der Waals surface area contributed by atoms with E-state index in [1.165, 1.54) is 0 Å². The number of hydrogen-bond acceptors (Lipinski definition) is 2. The van der Waals surface area contributed by atoms with Crippen molar-refractivity contribution in [3.63, 3.8) is 0 Å². The molecule has 1 atom stereocenters. The lowest BCUT2D eigenvalue weighted by molar-refractivity contribution is -0.144. The van der Waals surface area contributed by atoms with Crippen LogP contribution in [0.25, 0.3) is 0 Å². The Bertz CT molecular complexity index is 249. The maximum Gasteiger partial charge on any atom is 0.269 e. The van der Waals surface area contributed by atoms with Gasteiger partial charge in [0.25, 0.3) is 5.92 Å². The Balaban J connectivity index is 2.04. The maximum absolute atomic E-state index is 13.5. The highest BCUT2D eigenvalue weighted by molar-refractivity contribution is 5.84. The molecule has 86 valence electrons. The van der Waals surface area contributed by atoms with Gasteiger partial charge in [0.2, 0.25) is 0 Å². The fourth-order valence-electron chi connectivity index (χ4n) is 2.68. The first kappa shape index (κ1) is 11.0. The van der Waals surface area contributed by atoms with E-state index in [1.54, 1.807) is 0 Å². The van der Waals surface area contributed by atoms with Gasteiger partial charge in [0, 0.05) is 5.92 Å². The van der Waals surface area contributed by atoms with Crippen LogP contribution in [0.15, 0.2) is 0 Å². The summed E-state index contributed by atoms with van der Waals surface area (Å²) in [5, 5.41) is 2.65. The monoisotopic (exact) mass is 217 g/mol. The second kappa shape index (κ2) is 4.16. The van der Waals surface area contributed by atoms with Crippen molar-refractivity contribution < 1.29 is 13.6 Å². The van der Waals surface area contributed by atoms with Crippen LogP contribution in [0.2, 0.25) is 0 Å². The molecule has 2 nitrogen and oxygen atoms in total. The van der Waals surface area contributed by atoms with E-state index >= 15 is 0 Å². The SMILES string of the molecule is O=C(C1CCCC1)C1CCNCC1(F)F. The molecule has 1 aliphatic heterocycles. The molecule has 15 heavy (non-hydrogen) atoms. The second-order valence-corrected chi connectivity index (χ2v) is 4.66. The topological polar surface area (TPSA) is 29.1 Å². The molecule has 1 unspecified atom stereocenters. The number of carbonyl (C=O) groups is 1. The quantitative estimate of drug-likeness (QED) is 0.766. The number of alkyl halides is 2. The van der Waals surface area contributed by atoms with E-state index in [2.05, 4.69) is 5.32 Å². The lowest BCUT2D eigenvalue weighted by Gasteiger charge is -2.32. The van der Waals surface area contributed by atoms with Crippen molar-refractivity contribution in [2.75, 3.05) is 13.1 Å². The molecule has 4 heteroatoms. The van der Waals surface area contributed by atoms with Gasteiger partial charge in [-0.25, -0.2) is 8.78 Å². The molecule has 0 aromatic heterocycles. The van der Waals surface area contributed by atoms with Gasteiger partial charge in [0.1, 0.15) is 5.78 Å². The van der Waals surface area contributed by atoms with Gasteiger partial charge in [-0.15, -0.1) is 0 Å². The van der Waals surface area contributed by atoms with Crippen LogP contribution in [0, 0.1) is 11.8 Å². The van der Waals surface area contributed by atoms with Crippen molar-refractivity contribution >= 4 is 5.78 Å². The van der Waals surface area contributed by atoms with Crippen LogP contribution in [0.4, 0.5) is 8.78 Å². The summed E-state index contributed by atoms with van der Waals surface area (Å²) in [6, 6.07) is 0. The average Bonchev–Trinajstić information content (AvgIpc) is 2.69.